The van der Waals surface area contributed by atoms with Gasteiger partial charge >= 0.3 is 0 Å². The summed E-state index contributed by atoms with van der Waals surface area (Å²) in [5.41, 5.74) is 1.66. The monoisotopic (exact) mass is 298 g/mol. The van der Waals surface area contributed by atoms with Gasteiger partial charge in [-0.15, -0.1) is 10.2 Å². The normalized spacial score (nSPS) is 10.3. The zero-order valence-corrected chi connectivity index (χ0v) is 13.1. The van der Waals surface area contributed by atoms with Gasteiger partial charge in [0.25, 0.3) is 5.91 Å². The van der Waals surface area contributed by atoms with E-state index in [9.17, 15) is 4.79 Å². The highest BCUT2D eigenvalue weighted by atomic mass is 16.1. The molecule has 0 saturated heterocycles. The number of unbranched alkanes of at least 4 members (excludes halogenated alkanes) is 2. The second-order valence-corrected chi connectivity index (χ2v) is 5.26. The van der Waals surface area contributed by atoms with Gasteiger partial charge in [0.15, 0.2) is 5.82 Å². The number of hydrogen-bond acceptors (Lipinski definition) is 4. The summed E-state index contributed by atoms with van der Waals surface area (Å²) in [7, 11) is 0. The van der Waals surface area contributed by atoms with Gasteiger partial charge in [0.1, 0.15) is 5.82 Å². The van der Waals surface area contributed by atoms with Crippen LogP contribution in [0.25, 0.3) is 0 Å². The van der Waals surface area contributed by atoms with Gasteiger partial charge in [-0.3, -0.25) is 4.79 Å². The lowest BCUT2D eigenvalue weighted by Gasteiger charge is -2.07. The van der Waals surface area contributed by atoms with Crippen LogP contribution in [0.3, 0.4) is 0 Å². The molecule has 1 aromatic carbocycles. The third-order valence-corrected chi connectivity index (χ3v) is 3.27. The molecule has 5 nitrogen and oxygen atoms in total. The van der Waals surface area contributed by atoms with Crippen molar-refractivity contribution in [3.05, 3.63) is 47.5 Å². The van der Waals surface area contributed by atoms with Gasteiger partial charge in [0.05, 0.1) is 0 Å². The Labute approximate surface area is 131 Å². The topological polar surface area (TPSA) is 66.9 Å². The predicted molar refractivity (Wildman–Crippen MR) is 89.2 cm³/mol. The molecule has 0 fully saturated rings. The zero-order valence-electron chi connectivity index (χ0n) is 13.1. The lowest BCUT2D eigenvalue weighted by molar-refractivity contribution is 0.102. The van der Waals surface area contributed by atoms with Gasteiger partial charge in [0, 0.05) is 12.1 Å². The van der Waals surface area contributed by atoms with Crippen LogP contribution in [0.1, 0.15) is 42.1 Å². The zero-order chi connectivity index (χ0) is 15.8. The van der Waals surface area contributed by atoms with E-state index >= 15 is 0 Å². The summed E-state index contributed by atoms with van der Waals surface area (Å²) in [6.07, 6.45) is 3.51. The van der Waals surface area contributed by atoms with E-state index in [0.717, 1.165) is 24.3 Å². The Hall–Kier alpha value is -2.43. The maximum atomic E-state index is 12.1. The molecule has 0 saturated carbocycles. The third-order valence-electron chi connectivity index (χ3n) is 3.27. The van der Waals surface area contributed by atoms with Gasteiger partial charge in [-0.25, -0.2) is 0 Å². The Bertz CT molecular complexity index is 610. The number of amides is 1. The van der Waals surface area contributed by atoms with E-state index in [1.165, 1.54) is 12.8 Å². The molecule has 0 bridgehead atoms. The van der Waals surface area contributed by atoms with Crippen LogP contribution in [0.5, 0.6) is 0 Å². The number of anilines is 2. The fraction of sp³-hybridized carbons (Fsp3) is 0.353. The van der Waals surface area contributed by atoms with Crippen LogP contribution < -0.4 is 10.6 Å². The van der Waals surface area contributed by atoms with Crippen LogP contribution in [0.2, 0.25) is 0 Å². The molecule has 0 radical (unpaired) electrons. The molecule has 0 aliphatic rings. The molecule has 116 valence electrons. The molecule has 2 N–H and O–H groups in total. The highest BCUT2D eigenvalue weighted by Gasteiger charge is 2.07. The van der Waals surface area contributed by atoms with Gasteiger partial charge in [-0.2, -0.15) is 0 Å². The Balaban J connectivity index is 1.89. The molecule has 0 unspecified atom stereocenters. The number of nitrogens with one attached hydrogen (secondary N) is 2. The first kappa shape index (κ1) is 15.9. The first-order valence-corrected chi connectivity index (χ1v) is 7.64. The molecule has 22 heavy (non-hydrogen) atoms. The van der Waals surface area contributed by atoms with E-state index in [4.69, 9.17) is 0 Å². The number of hydrogen-bond donors (Lipinski definition) is 2. The fourth-order valence-corrected chi connectivity index (χ4v) is 2.06. The van der Waals surface area contributed by atoms with E-state index in [2.05, 4.69) is 27.8 Å². The number of benzene rings is 1. The first-order chi connectivity index (χ1) is 10.7. The average molecular weight is 298 g/mol. The molecular weight excluding hydrogens is 276 g/mol. The summed E-state index contributed by atoms with van der Waals surface area (Å²) >= 11 is 0. The largest absolute Gasteiger partial charge is 0.369 e. The molecule has 5 heteroatoms. The smallest absolute Gasteiger partial charge is 0.256 e. The van der Waals surface area contributed by atoms with Crippen LogP contribution >= 0.6 is 0 Å². The van der Waals surface area contributed by atoms with Crippen molar-refractivity contribution in [1.29, 1.82) is 0 Å². The van der Waals surface area contributed by atoms with Gasteiger partial charge in [-0.05, 0) is 37.6 Å². The molecule has 0 aliphatic carbocycles. The molecule has 0 atom stereocenters. The molecule has 0 aliphatic heterocycles. The standard InChI is InChI=1S/C17H22N4O/c1-3-4-5-11-18-15-9-10-16(21-20-15)19-17(22)14-8-6-7-13(2)12-14/h6-10,12H,3-5,11H2,1-2H3,(H,18,20)(H,19,21,22). The maximum Gasteiger partial charge on any atom is 0.256 e. The van der Waals surface area contributed by atoms with Gasteiger partial charge in [-0.1, -0.05) is 37.5 Å². The maximum absolute atomic E-state index is 12.1. The van der Waals surface area contributed by atoms with Crippen molar-refractivity contribution in [2.24, 2.45) is 0 Å². The van der Waals surface area contributed by atoms with Crippen molar-refractivity contribution in [2.45, 2.75) is 33.1 Å². The predicted octanol–water partition coefficient (Wildman–Crippen LogP) is 3.64. The Morgan fingerprint density at radius 2 is 1.86 bits per heavy atom. The first-order valence-electron chi connectivity index (χ1n) is 7.64. The average Bonchev–Trinajstić information content (AvgIpc) is 2.53. The molecule has 1 heterocycles. The van der Waals surface area contributed by atoms with Crippen molar-refractivity contribution in [1.82, 2.24) is 10.2 Å². The second-order valence-electron chi connectivity index (χ2n) is 5.26. The molecule has 2 aromatic rings. The number of aryl methyl sites for hydroxylation is 1. The summed E-state index contributed by atoms with van der Waals surface area (Å²) in [4.78, 5) is 12.1. The van der Waals surface area contributed by atoms with E-state index in [-0.39, 0.29) is 5.91 Å². The number of carbonyl (C=O) groups is 1. The molecule has 2 rings (SSSR count). The highest BCUT2D eigenvalue weighted by Crippen LogP contribution is 2.10. The SMILES string of the molecule is CCCCCNc1ccc(NC(=O)c2cccc(C)c2)nn1. The summed E-state index contributed by atoms with van der Waals surface area (Å²) in [5, 5.41) is 14.0. The van der Waals surface area contributed by atoms with E-state index in [1.807, 2.05) is 31.2 Å². The number of nitrogens with zero attached hydrogens (tertiary/aromatic N) is 2. The lowest BCUT2D eigenvalue weighted by atomic mass is 10.1. The van der Waals surface area contributed by atoms with Crippen molar-refractivity contribution < 1.29 is 4.79 Å². The van der Waals surface area contributed by atoms with Crippen LogP contribution in [0, 0.1) is 6.92 Å². The Kier molecular flexibility index (Phi) is 5.89. The number of rotatable bonds is 7. The van der Waals surface area contributed by atoms with Gasteiger partial charge < -0.3 is 10.6 Å². The lowest BCUT2D eigenvalue weighted by Crippen LogP contribution is -2.14. The summed E-state index contributed by atoms with van der Waals surface area (Å²) in [6.45, 7) is 5.01. The van der Waals surface area contributed by atoms with Crippen LogP contribution in [0.4, 0.5) is 11.6 Å². The van der Waals surface area contributed by atoms with E-state index in [1.54, 1.807) is 12.1 Å². The van der Waals surface area contributed by atoms with Crippen molar-refractivity contribution in [2.75, 3.05) is 17.2 Å². The summed E-state index contributed by atoms with van der Waals surface area (Å²) < 4.78 is 0. The van der Waals surface area contributed by atoms with Crippen LogP contribution in [-0.2, 0) is 0 Å². The van der Waals surface area contributed by atoms with Crippen molar-refractivity contribution in [3.8, 4) is 0 Å². The minimum atomic E-state index is -0.179. The molecule has 1 aromatic heterocycles. The highest BCUT2D eigenvalue weighted by molar-refractivity contribution is 6.03. The third kappa shape index (κ3) is 4.84. The minimum Gasteiger partial charge on any atom is -0.369 e. The fourth-order valence-electron chi connectivity index (χ4n) is 2.06. The molecular formula is C17H22N4O. The Morgan fingerprint density at radius 1 is 1.09 bits per heavy atom. The van der Waals surface area contributed by atoms with Crippen LogP contribution in [-0.4, -0.2) is 22.6 Å². The van der Waals surface area contributed by atoms with E-state index in [0.29, 0.717) is 11.4 Å². The van der Waals surface area contributed by atoms with Crippen LogP contribution in [0.15, 0.2) is 36.4 Å². The quantitative estimate of drug-likeness (QED) is 0.766. The number of aromatic nitrogens is 2. The Morgan fingerprint density at radius 3 is 2.55 bits per heavy atom. The minimum absolute atomic E-state index is 0.179. The molecule has 1 amide bonds. The second kappa shape index (κ2) is 8.12. The molecule has 0 spiro atoms. The van der Waals surface area contributed by atoms with E-state index < -0.39 is 0 Å². The van der Waals surface area contributed by atoms with Gasteiger partial charge in [0.2, 0.25) is 0 Å². The summed E-state index contributed by atoms with van der Waals surface area (Å²) in [6, 6.07) is 11.0. The van der Waals surface area contributed by atoms with Crippen molar-refractivity contribution in [3.63, 3.8) is 0 Å². The number of carbonyl (C=O) groups excluding carboxylic acids is 1. The van der Waals surface area contributed by atoms with Crippen molar-refractivity contribution >= 4 is 17.5 Å². The summed E-state index contributed by atoms with van der Waals surface area (Å²) in [5.74, 6) is 0.997.